The summed E-state index contributed by atoms with van der Waals surface area (Å²) in [6, 6.07) is 0.201. The highest BCUT2D eigenvalue weighted by molar-refractivity contribution is 5.68. The first-order valence-corrected chi connectivity index (χ1v) is 8.24. The maximum atomic E-state index is 11.9. The lowest BCUT2D eigenvalue weighted by Gasteiger charge is -2.33. The van der Waals surface area contributed by atoms with Crippen molar-refractivity contribution in [2.24, 2.45) is 17.6 Å². The molecule has 1 saturated heterocycles. The first-order chi connectivity index (χ1) is 9.80. The van der Waals surface area contributed by atoms with Gasteiger partial charge in [-0.05, 0) is 52.4 Å². The van der Waals surface area contributed by atoms with E-state index in [-0.39, 0.29) is 18.2 Å². The minimum atomic E-state index is -0.466. The molecule has 4 atom stereocenters. The molecule has 1 heterocycles. The predicted octanol–water partition coefficient (Wildman–Crippen LogP) is 1.96. The van der Waals surface area contributed by atoms with Crippen LogP contribution in [0.5, 0.6) is 0 Å². The first-order valence-electron chi connectivity index (χ1n) is 8.24. The number of likely N-dealkylation sites (tertiary alicyclic amines) is 1. The Bertz CT molecular complexity index is 355. The maximum Gasteiger partial charge on any atom is 0.407 e. The Balaban J connectivity index is 1.87. The smallest absolute Gasteiger partial charge is 0.407 e. The molecule has 0 radical (unpaired) electrons. The molecule has 3 N–H and O–H groups in total. The molecule has 0 aromatic rings. The van der Waals surface area contributed by atoms with Gasteiger partial charge in [-0.25, -0.2) is 4.79 Å². The third kappa shape index (κ3) is 4.33. The van der Waals surface area contributed by atoms with E-state index >= 15 is 0 Å². The van der Waals surface area contributed by atoms with Crippen LogP contribution >= 0.6 is 0 Å². The van der Waals surface area contributed by atoms with Crippen LogP contribution < -0.4 is 11.1 Å². The quantitative estimate of drug-likeness (QED) is 0.832. The number of hydrogen-bond acceptors (Lipinski definition) is 4. The van der Waals surface area contributed by atoms with Crippen LogP contribution in [-0.2, 0) is 4.74 Å². The van der Waals surface area contributed by atoms with E-state index in [2.05, 4.69) is 10.2 Å². The van der Waals surface area contributed by atoms with Gasteiger partial charge in [-0.2, -0.15) is 0 Å². The summed E-state index contributed by atoms with van der Waals surface area (Å²) >= 11 is 0. The number of nitrogens with two attached hydrogens (primary N) is 1. The number of nitrogens with zero attached hydrogens (tertiary/aromatic N) is 1. The van der Waals surface area contributed by atoms with Crippen molar-refractivity contribution in [1.82, 2.24) is 10.2 Å². The molecular formula is C16H31N3O2. The zero-order valence-corrected chi connectivity index (χ0v) is 13.9. The number of fused-ring (bicyclic) bond motifs is 1. The molecule has 0 bridgehead atoms. The second-order valence-electron chi connectivity index (χ2n) is 7.64. The van der Waals surface area contributed by atoms with E-state index in [4.69, 9.17) is 10.5 Å². The van der Waals surface area contributed by atoms with Gasteiger partial charge in [-0.15, -0.1) is 0 Å². The van der Waals surface area contributed by atoms with Crippen molar-refractivity contribution in [2.45, 2.75) is 64.6 Å². The Hall–Kier alpha value is -0.810. The van der Waals surface area contributed by atoms with Crippen molar-refractivity contribution in [1.29, 1.82) is 0 Å². The van der Waals surface area contributed by atoms with Crippen molar-refractivity contribution in [2.75, 3.05) is 19.6 Å². The van der Waals surface area contributed by atoms with Crippen LogP contribution in [0, 0.1) is 11.8 Å². The van der Waals surface area contributed by atoms with Crippen LogP contribution in [0.3, 0.4) is 0 Å². The van der Waals surface area contributed by atoms with Gasteiger partial charge in [0.1, 0.15) is 5.60 Å². The molecule has 0 aromatic carbocycles. The lowest BCUT2D eigenvalue weighted by molar-refractivity contribution is 0.0475. The molecular weight excluding hydrogens is 266 g/mol. The van der Waals surface area contributed by atoms with Crippen LogP contribution in [0.25, 0.3) is 0 Å². The Kier molecular flexibility index (Phi) is 5.15. The van der Waals surface area contributed by atoms with Crippen molar-refractivity contribution in [3.63, 3.8) is 0 Å². The topological polar surface area (TPSA) is 67.6 Å². The molecule has 122 valence electrons. The summed E-state index contributed by atoms with van der Waals surface area (Å²) in [6.07, 6.45) is 3.73. The minimum Gasteiger partial charge on any atom is -0.444 e. The molecule has 0 aromatic heterocycles. The van der Waals surface area contributed by atoms with Crippen LogP contribution in [0.4, 0.5) is 4.79 Å². The summed E-state index contributed by atoms with van der Waals surface area (Å²) in [4.78, 5) is 14.4. The molecule has 1 saturated carbocycles. The highest BCUT2D eigenvalue weighted by Gasteiger charge is 2.39. The van der Waals surface area contributed by atoms with Gasteiger partial charge in [0.05, 0.1) is 0 Å². The monoisotopic (exact) mass is 297 g/mol. The molecule has 21 heavy (non-hydrogen) atoms. The molecule has 5 heteroatoms. The number of hydrogen-bond donors (Lipinski definition) is 2. The second-order valence-corrected chi connectivity index (χ2v) is 7.64. The van der Waals surface area contributed by atoms with Crippen LogP contribution in [0.1, 0.15) is 47.0 Å². The molecule has 4 unspecified atom stereocenters. The summed E-state index contributed by atoms with van der Waals surface area (Å²) in [6.45, 7) is 10.5. The van der Waals surface area contributed by atoms with Gasteiger partial charge in [-0.1, -0.05) is 6.42 Å². The fraction of sp³-hybridized carbons (Fsp3) is 0.938. The molecule has 2 rings (SSSR count). The highest BCUT2D eigenvalue weighted by atomic mass is 16.6. The van der Waals surface area contributed by atoms with Crippen molar-refractivity contribution in [3.8, 4) is 0 Å². The van der Waals surface area contributed by atoms with Gasteiger partial charge in [0.2, 0.25) is 0 Å². The summed E-state index contributed by atoms with van der Waals surface area (Å²) in [5, 5.41) is 2.95. The van der Waals surface area contributed by atoms with Crippen molar-refractivity contribution >= 4 is 6.09 Å². The molecule has 1 amide bonds. The van der Waals surface area contributed by atoms with E-state index in [0.29, 0.717) is 6.54 Å². The highest BCUT2D eigenvalue weighted by Crippen LogP contribution is 2.38. The lowest BCUT2D eigenvalue weighted by atomic mass is 10.0. The standard InChI is InChI=1S/C16H31N3O2/c1-11(18-15(20)21-16(2,3)4)14(8-17)19-9-12-6-5-7-13(12)10-19/h11-14H,5-10,17H2,1-4H3,(H,18,20). The Morgan fingerprint density at radius 1 is 1.33 bits per heavy atom. The number of carbonyl (C=O) groups is 1. The van der Waals surface area contributed by atoms with Gasteiger partial charge in [0.15, 0.2) is 0 Å². The molecule has 2 aliphatic rings. The largest absolute Gasteiger partial charge is 0.444 e. The summed E-state index contributed by atoms with van der Waals surface area (Å²) in [7, 11) is 0. The summed E-state index contributed by atoms with van der Waals surface area (Å²) < 4.78 is 5.33. The molecule has 1 aliphatic carbocycles. The fourth-order valence-corrected chi connectivity index (χ4v) is 3.80. The van der Waals surface area contributed by atoms with E-state index in [1.807, 2.05) is 27.7 Å². The van der Waals surface area contributed by atoms with Crippen LogP contribution in [-0.4, -0.2) is 48.3 Å². The first kappa shape index (κ1) is 16.6. The minimum absolute atomic E-state index is 0.00340. The molecule has 0 spiro atoms. The summed E-state index contributed by atoms with van der Waals surface area (Å²) in [5.74, 6) is 1.68. The van der Waals surface area contributed by atoms with Gasteiger partial charge >= 0.3 is 6.09 Å². The second kappa shape index (κ2) is 6.53. The zero-order chi connectivity index (χ0) is 15.6. The van der Waals surface area contributed by atoms with Gasteiger partial charge in [0, 0.05) is 31.7 Å². The Morgan fingerprint density at radius 2 is 1.90 bits per heavy atom. The third-order valence-electron chi connectivity index (χ3n) is 4.79. The van der Waals surface area contributed by atoms with E-state index in [9.17, 15) is 4.79 Å². The van der Waals surface area contributed by atoms with Gasteiger partial charge in [0.25, 0.3) is 0 Å². The average Bonchev–Trinajstić information content (AvgIpc) is 2.87. The van der Waals surface area contributed by atoms with Gasteiger partial charge in [-0.3, -0.25) is 4.90 Å². The Labute approximate surface area is 128 Å². The van der Waals surface area contributed by atoms with E-state index in [1.54, 1.807) is 0 Å². The molecule has 2 fully saturated rings. The van der Waals surface area contributed by atoms with Crippen LogP contribution in [0.2, 0.25) is 0 Å². The van der Waals surface area contributed by atoms with Gasteiger partial charge < -0.3 is 15.8 Å². The predicted molar refractivity (Wildman–Crippen MR) is 84.1 cm³/mol. The maximum absolute atomic E-state index is 11.9. The van der Waals surface area contributed by atoms with Crippen molar-refractivity contribution < 1.29 is 9.53 Å². The van der Waals surface area contributed by atoms with Crippen molar-refractivity contribution in [3.05, 3.63) is 0 Å². The number of amides is 1. The Morgan fingerprint density at radius 3 is 2.38 bits per heavy atom. The third-order valence-corrected chi connectivity index (χ3v) is 4.79. The normalized spacial score (nSPS) is 29.0. The number of carbonyl (C=O) groups excluding carboxylic acids is 1. The number of rotatable bonds is 4. The van der Waals surface area contributed by atoms with E-state index in [0.717, 1.165) is 24.9 Å². The number of ether oxygens (including phenoxy) is 1. The van der Waals surface area contributed by atoms with E-state index < -0.39 is 5.60 Å². The van der Waals surface area contributed by atoms with E-state index in [1.165, 1.54) is 19.3 Å². The summed E-state index contributed by atoms with van der Waals surface area (Å²) in [5.41, 5.74) is 5.51. The lowest BCUT2D eigenvalue weighted by Crippen LogP contribution is -2.54. The zero-order valence-electron chi connectivity index (χ0n) is 13.9. The number of nitrogens with one attached hydrogen (secondary N) is 1. The molecule has 5 nitrogen and oxygen atoms in total. The fourth-order valence-electron chi connectivity index (χ4n) is 3.80. The molecule has 1 aliphatic heterocycles. The number of alkyl carbamates (subject to hydrolysis) is 1. The average molecular weight is 297 g/mol. The van der Waals surface area contributed by atoms with Crippen LogP contribution in [0.15, 0.2) is 0 Å². The SMILES string of the molecule is CC(NC(=O)OC(C)(C)C)C(CN)N1CC2CCCC2C1.